The fourth-order valence-corrected chi connectivity index (χ4v) is 5.05. The van der Waals surface area contributed by atoms with Crippen molar-refractivity contribution in [3.05, 3.63) is 27.4 Å². The molecule has 116 valence electrons. The van der Waals surface area contributed by atoms with E-state index >= 15 is 0 Å². The molecule has 0 unspecified atom stereocenters. The van der Waals surface area contributed by atoms with Gasteiger partial charge in [-0.15, -0.1) is 11.3 Å². The van der Waals surface area contributed by atoms with Crippen LogP contribution in [-0.2, 0) is 12.8 Å². The Labute approximate surface area is 139 Å². The maximum atomic E-state index is 6.11. The minimum Gasteiger partial charge on any atom is -0.369 e. The number of nitrogens with one attached hydrogen (secondary N) is 1. The number of halogens is 1. The summed E-state index contributed by atoms with van der Waals surface area (Å²) in [6, 6.07) is 0. The average molecular weight is 334 g/mol. The summed E-state index contributed by atoms with van der Waals surface area (Å²) in [4.78, 5) is 11.4. The van der Waals surface area contributed by atoms with Crippen LogP contribution in [0.5, 0.6) is 0 Å². The molecule has 2 heterocycles. The molecule has 0 spiro atoms. The summed E-state index contributed by atoms with van der Waals surface area (Å²) in [6.07, 6.45) is 12.3. The highest BCUT2D eigenvalue weighted by atomic mass is 35.5. The maximum Gasteiger partial charge on any atom is 0.225 e. The molecule has 0 fully saturated rings. The van der Waals surface area contributed by atoms with Crippen molar-refractivity contribution in [3.8, 4) is 0 Å². The first kappa shape index (κ1) is 14.5. The molecule has 3 nitrogen and oxygen atoms in total. The number of aromatic nitrogens is 2. The SMILES string of the molecule is Clc1nc(NCCC2=CCCCC2)c2c3c(sc2n1)CCC3. The highest BCUT2D eigenvalue weighted by Crippen LogP contribution is 2.39. The van der Waals surface area contributed by atoms with Gasteiger partial charge in [0, 0.05) is 11.4 Å². The minimum absolute atomic E-state index is 0.354. The van der Waals surface area contributed by atoms with Crippen LogP contribution >= 0.6 is 22.9 Å². The van der Waals surface area contributed by atoms with Crippen molar-refractivity contribution in [3.63, 3.8) is 0 Å². The summed E-state index contributed by atoms with van der Waals surface area (Å²) in [5, 5.41) is 5.10. The lowest BCUT2D eigenvalue weighted by Crippen LogP contribution is -2.07. The van der Waals surface area contributed by atoms with Crippen molar-refractivity contribution in [1.29, 1.82) is 0 Å². The normalized spacial score (nSPS) is 17.6. The largest absolute Gasteiger partial charge is 0.369 e. The quantitative estimate of drug-likeness (QED) is 0.622. The topological polar surface area (TPSA) is 37.8 Å². The van der Waals surface area contributed by atoms with Gasteiger partial charge in [-0.05, 0) is 68.5 Å². The summed E-state index contributed by atoms with van der Waals surface area (Å²) in [7, 11) is 0. The minimum atomic E-state index is 0.354. The molecule has 2 aliphatic rings. The van der Waals surface area contributed by atoms with Crippen molar-refractivity contribution < 1.29 is 0 Å². The van der Waals surface area contributed by atoms with E-state index < -0.39 is 0 Å². The molecule has 0 saturated heterocycles. The second-order valence-electron chi connectivity index (χ2n) is 6.16. The Morgan fingerprint density at radius 2 is 2.09 bits per heavy atom. The zero-order valence-corrected chi connectivity index (χ0v) is 14.2. The number of nitrogens with zero attached hydrogens (tertiary/aromatic N) is 2. The standard InChI is InChI=1S/C17H20ClN3S/c18-17-20-15(19-10-9-11-5-2-1-3-6-11)14-12-7-4-8-13(12)22-16(14)21-17/h5H,1-4,6-10H2,(H,19,20,21). The van der Waals surface area contributed by atoms with Gasteiger partial charge in [-0.25, -0.2) is 9.97 Å². The van der Waals surface area contributed by atoms with E-state index in [9.17, 15) is 0 Å². The van der Waals surface area contributed by atoms with Crippen LogP contribution in [0.2, 0.25) is 5.28 Å². The number of rotatable bonds is 4. The Morgan fingerprint density at radius 1 is 1.14 bits per heavy atom. The van der Waals surface area contributed by atoms with Crippen LogP contribution in [0.4, 0.5) is 5.82 Å². The molecule has 22 heavy (non-hydrogen) atoms. The van der Waals surface area contributed by atoms with Gasteiger partial charge in [-0.3, -0.25) is 0 Å². The number of aryl methyl sites for hydroxylation is 2. The first-order chi connectivity index (χ1) is 10.8. The Morgan fingerprint density at radius 3 is 2.95 bits per heavy atom. The first-order valence-corrected chi connectivity index (χ1v) is 9.40. The lowest BCUT2D eigenvalue weighted by atomic mass is 9.97. The van der Waals surface area contributed by atoms with Crippen molar-refractivity contribution in [2.45, 2.75) is 51.4 Å². The second-order valence-corrected chi connectivity index (χ2v) is 7.59. The van der Waals surface area contributed by atoms with Gasteiger partial charge < -0.3 is 5.32 Å². The van der Waals surface area contributed by atoms with E-state index in [1.54, 1.807) is 16.9 Å². The molecule has 0 amide bonds. The third-order valence-corrected chi connectivity index (χ3v) is 6.02. The highest BCUT2D eigenvalue weighted by Gasteiger charge is 2.22. The van der Waals surface area contributed by atoms with E-state index in [0.717, 1.165) is 30.0 Å². The third-order valence-electron chi connectivity index (χ3n) is 4.66. The molecule has 0 aromatic carbocycles. The summed E-state index contributed by atoms with van der Waals surface area (Å²) in [5.41, 5.74) is 3.04. The van der Waals surface area contributed by atoms with Crippen LogP contribution in [0, 0.1) is 0 Å². The monoisotopic (exact) mass is 333 g/mol. The van der Waals surface area contributed by atoms with Crippen molar-refractivity contribution in [1.82, 2.24) is 9.97 Å². The molecule has 1 N–H and O–H groups in total. The van der Waals surface area contributed by atoms with Crippen LogP contribution in [0.3, 0.4) is 0 Å². The average Bonchev–Trinajstić information content (AvgIpc) is 3.08. The molecule has 4 rings (SSSR count). The van der Waals surface area contributed by atoms with E-state index in [1.807, 2.05) is 0 Å². The predicted octanol–water partition coefficient (Wildman–Crippen LogP) is 5.14. The van der Waals surface area contributed by atoms with Gasteiger partial charge in [0.25, 0.3) is 0 Å². The summed E-state index contributed by atoms with van der Waals surface area (Å²) in [5.74, 6) is 0.936. The number of fused-ring (bicyclic) bond motifs is 3. The van der Waals surface area contributed by atoms with E-state index in [1.165, 1.54) is 54.4 Å². The number of hydrogen-bond acceptors (Lipinski definition) is 4. The molecule has 5 heteroatoms. The Hall–Kier alpha value is -1.13. The fourth-order valence-electron chi connectivity index (χ4n) is 3.57. The van der Waals surface area contributed by atoms with Gasteiger partial charge in [-0.1, -0.05) is 11.6 Å². The highest BCUT2D eigenvalue weighted by molar-refractivity contribution is 7.19. The summed E-state index contributed by atoms with van der Waals surface area (Å²) in [6.45, 7) is 0.929. The first-order valence-electron chi connectivity index (χ1n) is 8.21. The van der Waals surface area contributed by atoms with Gasteiger partial charge in [0.15, 0.2) is 0 Å². The van der Waals surface area contributed by atoms with Crippen LogP contribution < -0.4 is 5.32 Å². The summed E-state index contributed by atoms with van der Waals surface area (Å²) < 4.78 is 0. The fraction of sp³-hybridized carbons (Fsp3) is 0.529. The van der Waals surface area contributed by atoms with Gasteiger partial charge in [-0.2, -0.15) is 0 Å². The molecule has 2 aromatic heterocycles. The summed E-state index contributed by atoms with van der Waals surface area (Å²) >= 11 is 7.90. The van der Waals surface area contributed by atoms with Gasteiger partial charge >= 0.3 is 0 Å². The Kier molecular flexibility index (Phi) is 4.05. The number of allylic oxidation sites excluding steroid dienone is 1. The van der Waals surface area contributed by atoms with Crippen molar-refractivity contribution >= 4 is 39.0 Å². The molecular formula is C17H20ClN3S. The third kappa shape index (κ3) is 2.74. The predicted molar refractivity (Wildman–Crippen MR) is 94.1 cm³/mol. The zero-order valence-electron chi connectivity index (χ0n) is 12.6. The van der Waals surface area contributed by atoms with Gasteiger partial charge in [0.1, 0.15) is 10.6 Å². The molecule has 2 aromatic rings. The molecule has 0 bridgehead atoms. The number of anilines is 1. The van der Waals surface area contributed by atoms with Crippen LogP contribution in [0.25, 0.3) is 10.2 Å². The van der Waals surface area contributed by atoms with E-state index in [2.05, 4.69) is 21.4 Å². The van der Waals surface area contributed by atoms with Gasteiger partial charge in [0.05, 0.1) is 5.39 Å². The van der Waals surface area contributed by atoms with E-state index in [4.69, 9.17) is 11.6 Å². The zero-order chi connectivity index (χ0) is 14.9. The molecule has 0 radical (unpaired) electrons. The van der Waals surface area contributed by atoms with E-state index in [0.29, 0.717) is 5.28 Å². The van der Waals surface area contributed by atoms with Crippen LogP contribution in [0.15, 0.2) is 11.6 Å². The molecule has 0 saturated carbocycles. The molecule has 0 atom stereocenters. The number of thiophene rings is 1. The second kappa shape index (κ2) is 6.17. The van der Waals surface area contributed by atoms with Crippen molar-refractivity contribution in [2.24, 2.45) is 0 Å². The number of hydrogen-bond donors (Lipinski definition) is 1. The molecule has 2 aliphatic carbocycles. The lowest BCUT2D eigenvalue weighted by Gasteiger charge is -2.13. The maximum absolute atomic E-state index is 6.11. The van der Waals surface area contributed by atoms with E-state index in [-0.39, 0.29) is 0 Å². The van der Waals surface area contributed by atoms with Crippen molar-refractivity contribution in [2.75, 3.05) is 11.9 Å². The smallest absolute Gasteiger partial charge is 0.225 e. The van der Waals surface area contributed by atoms with Crippen LogP contribution in [-0.4, -0.2) is 16.5 Å². The molecular weight excluding hydrogens is 314 g/mol. The van der Waals surface area contributed by atoms with Gasteiger partial charge in [0.2, 0.25) is 5.28 Å². The Balaban J connectivity index is 1.56. The lowest BCUT2D eigenvalue weighted by molar-refractivity contribution is 0.679. The van der Waals surface area contributed by atoms with Crippen LogP contribution in [0.1, 0.15) is 49.0 Å². The molecule has 0 aliphatic heterocycles. The Bertz CT molecular complexity index is 735.